The molecule has 1 N–H and O–H groups in total. The third kappa shape index (κ3) is 3.19. The van der Waals surface area contributed by atoms with E-state index in [4.69, 9.17) is 4.74 Å². The molecule has 0 unspecified atom stereocenters. The zero-order chi connectivity index (χ0) is 9.73. The molecule has 1 fully saturated rings. The van der Waals surface area contributed by atoms with E-state index < -0.39 is 0 Å². The summed E-state index contributed by atoms with van der Waals surface area (Å²) in [6.45, 7) is 4.95. The van der Waals surface area contributed by atoms with E-state index in [1.807, 2.05) is 0 Å². The number of amides is 1. The number of ether oxygens (including phenoxy) is 1. The van der Waals surface area contributed by atoms with Gasteiger partial charge in [0.05, 0.1) is 0 Å². The van der Waals surface area contributed by atoms with Gasteiger partial charge in [0.25, 0.3) is 0 Å². The van der Waals surface area contributed by atoms with Crippen molar-refractivity contribution >= 4 is 5.91 Å². The highest BCUT2D eigenvalue weighted by Crippen LogP contribution is 2.48. The maximum atomic E-state index is 10.9. The van der Waals surface area contributed by atoms with Crippen LogP contribution in [0.2, 0.25) is 0 Å². The summed E-state index contributed by atoms with van der Waals surface area (Å²) in [5.74, 6) is -0.0799. The Bertz CT molecular complexity index is 197. The van der Waals surface area contributed by atoms with Gasteiger partial charge in [0.2, 0.25) is 5.91 Å². The standard InChI is InChI=1S/C10H17NO2/c1-3-9(12)11-8-10(4-5-10)6-7-13-2/h3H,1,4-8H2,2H3,(H,11,12). The number of carbonyl (C=O) groups is 1. The molecule has 0 aromatic heterocycles. The Morgan fingerprint density at radius 3 is 2.85 bits per heavy atom. The van der Waals surface area contributed by atoms with Crippen LogP contribution in [0.25, 0.3) is 0 Å². The van der Waals surface area contributed by atoms with Crippen molar-refractivity contribution in [3.8, 4) is 0 Å². The normalized spacial score (nSPS) is 17.9. The topological polar surface area (TPSA) is 38.3 Å². The van der Waals surface area contributed by atoms with Gasteiger partial charge in [-0.3, -0.25) is 4.79 Å². The second-order valence-electron chi connectivity index (χ2n) is 3.66. The monoisotopic (exact) mass is 183 g/mol. The van der Waals surface area contributed by atoms with E-state index in [1.54, 1.807) is 7.11 Å². The number of methoxy groups -OCH3 is 1. The lowest BCUT2D eigenvalue weighted by Gasteiger charge is -2.14. The molecule has 0 atom stereocenters. The first-order valence-corrected chi connectivity index (χ1v) is 4.62. The highest BCUT2D eigenvalue weighted by Gasteiger charge is 2.41. The van der Waals surface area contributed by atoms with Crippen molar-refractivity contribution in [3.05, 3.63) is 12.7 Å². The van der Waals surface area contributed by atoms with Crippen molar-refractivity contribution in [2.45, 2.75) is 19.3 Å². The Labute approximate surface area is 79.2 Å². The van der Waals surface area contributed by atoms with Gasteiger partial charge in [0.15, 0.2) is 0 Å². The number of nitrogens with one attached hydrogen (secondary N) is 1. The van der Waals surface area contributed by atoms with E-state index in [1.165, 1.54) is 18.9 Å². The summed E-state index contributed by atoms with van der Waals surface area (Å²) in [6, 6.07) is 0. The summed E-state index contributed by atoms with van der Waals surface area (Å²) >= 11 is 0. The summed E-state index contributed by atoms with van der Waals surface area (Å²) in [5, 5.41) is 2.83. The molecule has 1 rings (SSSR count). The Morgan fingerprint density at radius 1 is 1.69 bits per heavy atom. The molecule has 0 aliphatic heterocycles. The molecule has 0 heterocycles. The van der Waals surface area contributed by atoms with E-state index in [2.05, 4.69) is 11.9 Å². The van der Waals surface area contributed by atoms with E-state index in [0.29, 0.717) is 5.41 Å². The summed E-state index contributed by atoms with van der Waals surface area (Å²) < 4.78 is 5.02. The molecule has 3 nitrogen and oxygen atoms in total. The molecule has 1 amide bonds. The molecule has 13 heavy (non-hydrogen) atoms. The largest absolute Gasteiger partial charge is 0.385 e. The second-order valence-corrected chi connectivity index (χ2v) is 3.66. The molecule has 0 aromatic carbocycles. The van der Waals surface area contributed by atoms with Gasteiger partial charge in [-0.05, 0) is 30.8 Å². The van der Waals surface area contributed by atoms with Crippen molar-refractivity contribution in [1.29, 1.82) is 0 Å². The maximum Gasteiger partial charge on any atom is 0.243 e. The molecule has 0 spiro atoms. The van der Waals surface area contributed by atoms with Gasteiger partial charge in [0.1, 0.15) is 0 Å². The molecule has 1 aliphatic rings. The van der Waals surface area contributed by atoms with Crippen LogP contribution < -0.4 is 5.32 Å². The number of rotatable bonds is 6. The molecule has 0 bridgehead atoms. The Balaban J connectivity index is 2.19. The van der Waals surface area contributed by atoms with Crippen LogP contribution in [-0.2, 0) is 9.53 Å². The van der Waals surface area contributed by atoms with Gasteiger partial charge in [-0.2, -0.15) is 0 Å². The van der Waals surface area contributed by atoms with Crippen molar-refractivity contribution in [1.82, 2.24) is 5.32 Å². The first-order valence-electron chi connectivity index (χ1n) is 4.62. The lowest BCUT2D eigenvalue weighted by Crippen LogP contribution is -2.29. The molecular weight excluding hydrogens is 166 g/mol. The number of hydrogen-bond acceptors (Lipinski definition) is 2. The van der Waals surface area contributed by atoms with Crippen LogP contribution in [0.3, 0.4) is 0 Å². The number of carbonyl (C=O) groups excluding carboxylic acids is 1. The minimum absolute atomic E-state index is 0.0799. The highest BCUT2D eigenvalue weighted by atomic mass is 16.5. The third-order valence-corrected chi connectivity index (χ3v) is 2.62. The third-order valence-electron chi connectivity index (χ3n) is 2.62. The second kappa shape index (κ2) is 4.42. The fraction of sp³-hybridized carbons (Fsp3) is 0.700. The average molecular weight is 183 g/mol. The van der Waals surface area contributed by atoms with Crippen LogP contribution in [-0.4, -0.2) is 26.2 Å². The van der Waals surface area contributed by atoms with E-state index in [-0.39, 0.29) is 5.91 Å². The van der Waals surface area contributed by atoms with Gasteiger partial charge in [0, 0.05) is 20.3 Å². The fourth-order valence-electron chi connectivity index (χ4n) is 1.36. The van der Waals surface area contributed by atoms with Crippen LogP contribution in [0, 0.1) is 5.41 Å². The summed E-state index contributed by atoms with van der Waals surface area (Å²) in [6.07, 6.45) is 4.76. The minimum atomic E-state index is -0.0799. The smallest absolute Gasteiger partial charge is 0.243 e. The number of hydrogen-bond donors (Lipinski definition) is 1. The van der Waals surface area contributed by atoms with Gasteiger partial charge in [-0.25, -0.2) is 0 Å². The van der Waals surface area contributed by atoms with Crippen LogP contribution >= 0.6 is 0 Å². The molecule has 74 valence electrons. The molecule has 0 radical (unpaired) electrons. The molecule has 3 heteroatoms. The molecule has 0 aromatic rings. The van der Waals surface area contributed by atoms with Crippen LogP contribution in [0.15, 0.2) is 12.7 Å². The van der Waals surface area contributed by atoms with Crippen LogP contribution in [0.1, 0.15) is 19.3 Å². The van der Waals surface area contributed by atoms with E-state index in [0.717, 1.165) is 19.6 Å². The predicted molar refractivity (Wildman–Crippen MR) is 51.4 cm³/mol. The highest BCUT2D eigenvalue weighted by molar-refractivity contribution is 5.86. The maximum absolute atomic E-state index is 10.9. The molecule has 1 aliphatic carbocycles. The van der Waals surface area contributed by atoms with Crippen molar-refractivity contribution < 1.29 is 9.53 Å². The van der Waals surface area contributed by atoms with Gasteiger partial charge in [-0.1, -0.05) is 6.58 Å². The van der Waals surface area contributed by atoms with Gasteiger partial charge in [-0.15, -0.1) is 0 Å². The zero-order valence-electron chi connectivity index (χ0n) is 8.14. The summed E-state index contributed by atoms with van der Waals surface area (Å²) in [4.78, 5) is 10.9. The van der Waals surface area contributed by atoms with Crippen molar-refractivity contribution in [2.24, 2.45) is 5.41 Å². The minimum Gasteiger partial charge on any atom is -0.385 e. The molecule has 0 saturated heterocycles. The average Bonchev–Trinajstić information content (AvgIpc) is 2.92. The van der Waals surface area contributed by atoms with Crippen LogP contribution in [0.5, 0.6) is 0 Å². The molecule has 1 saturated carbocycles. The van der Waals surface area contributed by atoms with Crippen LogP contribution in [0.4, 0.5) is 0 Å². The first-order chi connectivity index (χ1) is 6.22. The lowest BCUT2D eigenvalue weighted by atomic mass is 10.0. The van der Waals surface area contributed by atoms with E-state index >= 15 is 0 Å². The van der Waals surface area contributed by atoms with Gasteiger partial charge >= 0.3 is 0 Å². The van der Waals surface area contributed by atoms with E-state index in [9.17, 15) is 4.79 Å². The zero-order valence-corrected chi connectivity index (χ0v) is 8.14. The quantitative estimate of drug-likeness (QED) is 0.626. The first kappa shape index (κ1) is 10.3. The SMILES string of the molecule is C=CC(=O)NCC1(CCOC)CC1. The fourth-order valence-corrected chi connectivity index (χ4v) is 1.36. The summed E-state index contributed by atoms with van der Waals surface area (Å²) in [7, 11) is 1.71. The lowest BCUT2D eigenvalue weighted by molar-refractivity contribution is -0.116. The summed E-state index contributed by atoms with van der Waals surface area (Å²) in [5.41, 5.74) is 0.328. The van der Waals surface area contributed by atoms with Crippen molar-refractivity contribution in [3.63, 3.8) is 0 Å². The Hall–Kier alpha value is -0.830. The Kier molecular flexibility index (Phi) is 3.48. The van der Waals surface area contributed by atoms with Crippen molar-refractivity contribution in [2.75, 3.05) is 20.3 Å². The predicted octanol–water partition coefficient (Wildman–Crippen LogP) is 1.11. The van der Waals surface area contributed by atoms with Gasteiger partial charge < -0.3 is 10.1 Å². The Morgan fingerprint density at radius 2 is 2.38 bits per heavy atom. The molecular formula is C10H17NO2.